The van der Waals surface area contributed by atoms with Gasteiger partial charge in [-0.3, -0.25) is 4.79 Å². The lowest BCUT2D eigenvalue weighted by Crippen LogP contribution is -2.28. The Morgan fingerprint density at radius 3 is 2.62 bits per heavy atom. The van der Waals surface area contributed by atoms with Crippen molar-refractivity contribution < 1.29 is 19.4 Å². The molecule has 0 aliphatic heterocycles. The predicted octanol–water partition coefficient (Wildman–Crippen LogP) is 1.66. The summed E-state index contributed by atoms with van der Waals surface area (Å²) in [6.07, 6.45) is 0.707. The Balaban J connectivity index is 2.87. The molecule has 0 unspecified atom stereocenters. The first kappa shape index (κ1) is 12.5. The van der Waals surface area contributed by atoms with Crippen LogP contribution in [0.1, 0.15) is 24.2 Å². The number of rotatable bonds is 5. The third-order valence-corrected chi connectivity index (χ3v) is 1.93. The second kappa shape index (κ2) is 4.99. The van der Waals surface area contributed by atoms with Crippen LogP contribution in [0.5, 0.6) is 11.5 Å². The van der Waals surface area contributed by atoms with E-state index in [1.54, 1.807) is 32.0 Å². The minimum Gasteiger partial charge on any atom is -0.497 e. The van der Waals surface area contributed by atoms with Gasteiger partial charge >= 0.3 is 0 Å². The number of carbonyl (C=O) groups is 1. The Kier molecular flexibility index (Phi) is 3.90. The van der Waals surface area contributed by atoms with Crippen molar-refractivity contribution in [2.75, 3.05) is 13.7 Å². The highest BCUT2D eigenvalue weighted by molar-refractivity contribution is 5.79. The summed E-state index contributed by atoms with van der Waals surface area (Å²) in [5.41, 5.74) is -0.506. The van der Waals surface area contributed by atoms with E-state index < -0.39 is 5.60 Å². The molecule has 0 radical (unpaired) electrons. The molecule has 0 fully saturated rings. The van der Waals surface area contributed by atoms with Crippen LogP contribution < -0.4 is 9.47 Å². The van der Waals surface area contributed by atoms with Crippen LogP contribution in [-0.4, -0.2) is 30.7 Å². The molecule has 0 aromatic heterocycles. The molecule has 1 aromatic rings. The smallest absolute Gasteiger partial charge is 0.153 e. The number of methoxy groups -OCH3 is 1. The first-order valence-corrected chi connectivity index (χ1v) is 4.94. The molecule has 0 amide bonds. The van der Waals surface area contributed by atoms with Gasteiger partial charge in [-0.15, -0.1) is 0 Å². The Labute approximate surface area is 94.8 Å². The summed E-state index contributed by atoms with van der Waals surface area (Å²) in [5.74, 6) is 1.02. The highest BCUT2D eigenvalue weighted by Gasteiger charge is 2.15. The van der Waals surface area contributed by atoms with Gasteiger partial charge in [-0.2, -0.15) is 0 Å². The molecule has 1 rings (SSSR count). The predicted molar refractivity (Wildman–Crippen MR) is 60.2 cm³/mol. The van der Waals surface area contributed by atoms with Crippen LogP contribution in [0, 0.1) is 0 Å². The average Bonchev–Trinajstić information content (AvgIpc) is 2.25. The summed E-state index contributed by atoms with van der Waals surface area (Å²) < 4.78 is 10.4. The molecule has 1 N–H and O–H groups in total. The van der Waals surface area contributed by atoms with E-state index in [1.165, 1.54) is 7.11 Å². The minimum absolute atomic E-state index is 0.112. The highest BCUT2D eigenvalue weighted by atomic mass is 16.5. The van der Waals surface area contributed by atoms with Crippen LogP contribution in [0.15, 0.2) is 18.2 Å². The summed E-state index contributed by atoms with van der Waals surface area (Å²) in [7, 11) is 1.54. The van der Waals surface area contributed by atoms with Gasteiger partial charge in [0.1, 0.15) is 18.1 Å². The summed E-state index contributed by atoms with van der Waals surface area (Å²) >= 11 is 0. The SMILES string of the molecule is COc1ccc(C=O)c(OCC(C)(C)O)c1. The van der Waals surface area contributed by atoms with Crippen LogP contribution in [-0.2, 0) is 0 Å². The normalized spacial score (nSPS) is 11.0. The number of carbonyl (C=O) groups excluding carboxylic acids is 1. The fourth-order valence-electron chi connectivity index (χ4n) is 1.12. The van der Waals surface area contributed by atoms with Gasteiger partial charge in [0, 0.05) is 6.07 Å². The Bertz CT molecular complexity index is 366. The van der Waals surface area contributed by atoms with Crippen LogP contribution >= 0.6 is 0 Å². The lowest BCUT2D eigenvalue weighted by molar-refractivity contribution is 0.0281. The Hall–Kier alpha value is -1.55. The summed E-state index contributed by atoms with van der Waals surface area (Å²) in [4.78, 5) is 10.8. The molecule has 0 bridgehead atoms. The fourth-order valence-corrected chi connectivity index (χ4v) is 1.12. The van der Waals surface area contributed by atoms with Crippen molar-refractivity contribution in [1.29, 1.82) is 0 Å². The van der Waals surface area contributed by atoms with E-state index in [1.807, 2.05) is 0 Å². The molecule has 0 aliphatic rings. The monoisotopic (exact) mass is 224 g/mol. The van der Waals surface area contributed by atoms with E-state index >= 15 is 0 Å². The molecule has 0 spiro atoms. The number of hydrogen-bond acceptors (Lipinski definition) is 4. The zero-order valence-electron chi connectivity index (χ0n) is 9.69. The molecule has 0 saturated heterocycles. The van der Waals surface area contributed by atoms with E-state index in [-0.39, 0.29) is 6.61 Å². The summed E-state index contributed by atoms with van der Waals surface area (Å²) in [6, 6.07) is 4.92. The topological polar surface area (TPSA) is 55.8 Å². The fraction of sp³-hybridized carbons (Fsp3) is 0.417. The third-order valence-electron chi connectivity index (χ3n) is 1.93. The second-order valence-corrected chi connectivity index (χ2v) is 4.12. The number of aliphatic hydroxyl groups is 1. The zero-order chi connectivity index (χ0) is 12.2. The first-order chi connectivity index (χ1) is 7.46. The van der Waals surface area contributed by atoms with Crippen molar-refractivity contribution in [3.63, 3.8) is 0 Å². The molecule has 88 valence electrons. The van der Waals surface area contributed by atoms with E-state index in [9.17, 15) is 9.90 Å². The van der Waals surface area contributed by atoms with Crippen molar-refractivity contribution in [3.05, 3.63) is 23.8 Å². The summed E-state index contributed by atoms with van der Waals surface area (Å²) in [5, 5.41) is 9.52. The molecular weight excluding hydrogens is 208 g/mol. The second-order valence-electron chi connectivity index (χ2n) is 4.12. The molecule has 0 heterocycles. The molecule has 1 aromatic carbocycles. The number of ether oxygens (including phenoxy) is 2. The highest BCUT2D eigenvalue weighted by Crippen LogP contribution is 2.24. The van der Waals surface area contributed by atoms with Crippen molar-refractivity contribution in [2.45, 2.75) is 19.4 Å². The molecule has 0 aliphatic carbocycles. The van der Waals surface area contributed by atoms with Crippen LogP contribution in [0.25, 0.3) is 0 Å². The van der Waals surface area contributed by atoms with Gasteiger partial charge in [0.25, 0.3) is 0 Å². The van der Waals surface area contributed by atoms with Crippen molar-refractivity contribution >= 4 is 6.29 Å². The Morgan fingerprint density at radius 1 is 1.44 bits per heavy atom. The summed E-state index contributed by atoms with van der Waals surface area (Å²) in [6.45, 7) is 3.38. The number of aldehydes is 1. The zero-order valence-corrected chi connectivity index (χ0v) is 9.69. The van der Waals surface area contributed by atoms with Crippen molar-refractivity contribution in [2.24, 2.45) is 0 Å². The lowest BCUT2D eigenvalue weighted by Gasteiger charge is -2.18. The molecule has 0 saturated carbocycles. The van der Waals surface area contributed by atoms with Gasteiger partial charge in [-0.25, -0.2) is 0 Å². The molecule has 4 nitrogen and oxygen atoms in total. The number of hydrogen-bond donors (Lipinski definition) is 1. The van der Waals surface area contributed by atoms with Crippen LogP contribution in [0.4, 0.5) is 0 Å². The molecule has 0 atom stereocenters. The lowest BCUT2D eigenvalue weighted by atomic mass is 10.1. The van der Waals surface area contributed by atoms with E-state index in [4.69, 9.17) is 9.47 Å². The van der Waals surface area contributed by atoms with E-state index in [0.29, 0.717) is 23.3 Å². The molecular formula is C12H16O4. The maximum absolute atomic E-state index is 10.8. The standard InChI is InChI=1S/C12H16O4/c1-12(2,14)8-16-11-6-10(15-3)5-4-9(11)7-13/h4-7,14H,8H2,1-3H3. The molecule has 4 heteroatoms. The largest absolute Gasteiger partial charge is 0.497 e. The number of benzene rings is 1. The molecule has 16 heavy (non-hydrogen) atoms. The van der Waals surface area contributed by atoms with Crippen LogP contribution in [0.3, 0.4) is 0 Å². The maximum atomic E-state index is 10.8. The van der Waals surface area contributed by atoms with Gasteiger partial charge in [-0.1, -0.05) is 0 Å². The van der Waals surface area contributed by atoms with Gasteiger partial charge < -0.3 is 14.6 Å². The first-order valence-electron chi connectivity index (χ1n) is 4.94. The quantitative estimate of drug-likeness (QED) is 0.773. The van der Waals surface area contributed by atoms with E-state index in [2.05, 4.69) is 0 Å². The van der Waals surface area contributed by atoms with Gasteiger partial charge in [0.2, 0.25) is 0 Å². The van der Waals surface area contributed by atoms with Gasteiger partial charge in [0.05, 0.1) is 18.3 Å². The van der Waals surface area contributed by atoms with Crippen molar-refractivity contribution in [3.8, 4) is 11.5 Å². The average molecular weight is 224 g/mol. The minimum atomic E-state index is -0.941. The van der Waals surface area contributed by atoms with Gasteiger partial charge in [0.15, 0.2) is 6.29 Å². The van der Waals surface area contributed by atoms with Crippen LogP contribution in [0.2, 0.25) is 0 Å². The van der Waals surface area contributed by atoms with E-state index in [0.717, 1.165) is 0 Å². The third kappa shape index (κ3) is 3.55. The Morgan fingerprint density at radius 2 is 2.12 bits per heavy atom. The maximum Gasteiger partial charge on any atom is 0.153 e. The van der Waals surface area contributed by atoms with Crippen molar-refractivity contribution in [1.82, 2.24) is 0 Å². The van der Waals surface area contributed by atoms with Gasteiger partial charge in [-0.05, 0) is 26.0 Å².